The van der Waals surface area contributed by atoms with E-state index >= 15 is 0 Å². The number of aromatic nitrogens is 2. The van der Waals surface area contributed by atoms with E-state index in [1.165, 1.54) is 0 Å². The van der Waals surface area contributed by atoms with E-state index in [9.17, 15) is 14.4 Å². The van der Waals surface area contributed by atoms with E-state index in [1.54, 1.807) is 11.0 Å². The topological polar surface area (TPSA) is 78.8 Å². The number of piperidine rings is 1. The number of nitrogens with zero attached hydrogens (tertiary/aromatic N) is 5. The van der Waals surface area contributed by atoms with Gasteiger partial charge in [0, 0.05) is 44.5 Å². The quantitative estimate of drug-likeness (QED) is 0.705. The molecule has 1 aromatic rings. The third kappa shape index (κ3) is 4.27. The van der Waals surface area contributed by atoms with Gasteiger partial charge in [-0.3, -0.25) is 19.1 Å². The first kappa shape index (κ1) is 20.6. The Morgan fingerprint density at radius 3 is 2.30 bits per heavy atom. The number of carbonyl (C=O) groups is 3. The van der Waals surface area contributed by atoms with Crippen molar-refractivity contribution in [3.63, 3.8) is 0 Å². The summed E-state index contributed by atoms with van der Waals surface area (Å²) in [6.45, 7) is 8.20. The molecule has 0 bridgehead atoms. The Bertz CT molecular complexity index is 873. The lowest BCUT2D eigenvalue weighted by Gasteiger charge is -2.42. The smallest absolute Gasteiger partial charge is 0.257 e. The molecule has 0 N–H and O–H groups in total. The van der Waals surface area contributed by atoms with Crippen LogP contribution in [0.15, 0.2) is 17.8 Å². The molecule has 1 saturated carbocycles. The van der Waals surface area contributed by atoms with Gasteiger partial charge in [-0.2, -0.15) is 5.10 Å². The van der Waals surface area contributed by atoms with Gasteiger partial charge in [0.1, 0.15) is 6.54 Å². The van der Waals surface area contributed by atoms with Gasteiger partial charge in [-0.05, 0) is 46.5 Å². The number of aryl methyl sites for hydroxylation is 1. The van der Waals surface area contributed by atoms with Gasteiger partial charge >= 0.3 is 0 Å². The Kier molecular flexibility index (Phi) is 5.66. The van der Waals surface area contributed by atoms with E-state index in [0.717, 1.165) is 37.0 Å². The molecule has 1 aliphatic carbocycles. The number of amides is 3. The fraction of sp³-hybridized carbons (Fsp3) is 0.636. The normalized spacial score (nSPS) is 20.5. The Morgan fingerprint density at radius 1 is 1.00 bits per heavy atom. The zero-order chi connectivity index (χ0) is 21.4. The van der Waals surface area contributed by atoms with Crippen LogP contribution in [0.5, 0.6) is 0 Å². The van der Waals surface area contributed by atoms with Crippen LogP contribution in [-0.2, 0) is 9.59 Å². The second-order valence-corrected chi connectivity index (χ2v) is 8.93. The average Bonchev–Trinajstić information content (AvgIpc) is 3.49. The van der Waals surface area contributed by atoms with Crippen LogP contribution >= 0.6 is 0 Å². The molecule has 3 fully saturated rings. The highest BCUT2D eigenvalue weighted by Crippen LogP contribution is 2.34. The third-order valence-corrected chi connectivity index (χ3v) is 6.24. The van der Waals surface area contributed by atoms with Gasteiger partial charge in [0.15, 0.2) is 0 Å². The Balaban J connectivity index is 1.31. The van der Waals surface area contributed by atoms with E-state index in [1.807, 2.05) is 41.4 Å². The number of hydrogen-bond donors (Lipinski definition) is 0. The molecule has 8 nitrogen and oxygen atoms in total. The van der Waals surface area contributed by atoms with Gasteiger partial charge in [0.2, 0.25) is 11.8 Å². The van der Waals surface area contributed by atoms with E-state index in [4.69, 9.17) is 0 Å². The van der Waals surface area contributed by atoms with Crippen LogP contribution in [0, 0.1) is 6.92 Å². The zero-order valence-corrected chi connectivity index (χ0v) is 18.1. The lowest BCUT2D eigenvalue weighted by Crippen LogP contribution is -2.57. The van der Waals surface area contributed by atoms with E-state index in [-0.39, 0.29) is 30.3 Å². The molecular weight excluding hydrogens is 382 g/mol. The maximum atomic E-state index is 13.0. The second-order valence-electron chi connectivity index (χ2n) is 8.93. The van der Waals surface area contributed by atoms with Crippen LogP contribution in [0.2, 0.25) is 0 Å². The van der Waals surface area contributed by atoms with Gasteiger partial charge in [-0.1, -0.05) is 5.57 Å². The zero-order valence-electron chi connectivity index (χ0n) is 18.1. The van der Waals surface area contributed by atoms with Crippen molar-refractivity contribution in [2.75, 3.05) is 32.7 Å². The summed E-state index contributed by atoms with van der Waals surface area (Å²) in [6, 6.07) is 0.599. The molecular formula is C22H31N5O3. The summed E-state index contributed by atoms with van der Waals surface area (Å²) in [5, 5.41) is 4.51. The van der Waals surface area contributed by atoms with Crippen molar-refractivity contribution in [1.82, 2.24) is 24.5 Å². The van der Waals surface area contributed by atoms with Crippen LogP contribution in [0.25, 0.3) is 0 Å². The summed E-state index contributed by atoms with van der Waals surface area (Å²) in [5.41, 5.74) is 2.43. The largest absolute Gasteiger partial charge is 0.338 e. The highest BCUT2D eigenvalue weighted by atomic mass is 16.2. The molecule has 162 valence electrons. The van der Waals surface area contributed by atoms with Crippen LogP contribution in [0.4, 0.5) is 0 Å². The van der Waals surface area contributed by atoms with E-state index < -0.39 is 0 Å². The van der Waals surface area contributed by atoms with Crippen molar-refractivity contribution in [2.24, 2.45) is 0 Å². The fourth-order valence-corrected chi connectivity index (χ4v) is 4.37. The van der Waals surface area contributed by atoms with Crippen molar-refractivity contribution in [3.8, 4) is 0 Å². The molecule has 2 saturated heterocycles. The summed E-state index contributed by atoms with van der Waals surface area (Å²) in [4.78, 5) is 43.2. The van der Waals surface area contributed by atoms with Crippen molar-refractivity contribution in [3.05, 3.63) is 29.1 Å². The molecule has 0 unspecified atom stereocenters. The van der Waals surface area contributed by atoms with Gasteiger partial charge in [0.25, 0.3) is 5.91 Å². The van der Waals surface area contributed by atoms with Crippen LogP contribution in [0.1, 0.15) is 61.6 Å². The predicted molar refractivity (Wildman–Crippen MR) is 112 cm³/mol. The minimum atomic E-state index is -0.0921. The standard InChI is InChI=1S/C22H31N5O3/c1-15(2)12-20(28)25-10-11-26(21(29)14-25)17-6-8-24(9-7-17)22(30)19-13-27(18-4-5-18)23-16(19)3/h12-13,17-18H,4-11,14H2,1-3H3. The number of likely N-dealkylation sites (tertiary alicyclic amines) is 1. The minimum Gasteiger partial charge on any atom is -0.338 e. The van der Waals surface area contributed by atoms with Crippen LogP contribution < -0.4 is 0 Å². The lowest BCUT2D eigenvalue weighted by molar-refractivity contribution is -0.145. The molecule has 3 aliphatic rings. The molecule has 0 radical (unpaired) electrons. The second kappa shape index (κ2) is 8.24. The SMILES string of the molecule is CC(C)=CC(=O)N1CCN(C2CCN(C(=O)c3cn(C4CC4)nc3C)CC2)C(=O)C1. The van der Waals surface area contributed by atoms with Gasteiger partial charge in [-0.15, -0.1) is 0 Å². The first-order valence-electron chi connectivity index (χ1n) is 10.9. The molecule has 8 heteroatoms. The highest BCUT2D eigenvalue weighted by molar-refractivity contribution is 5.95. The number of hydrogen-bond acceptors (Lipinski definition) is 4. The summed E-state index contributed by atoms with van der Waals surface area (Å²) in [5.74, 6) is -0.0464. The summed E-state index contributed by atoms with van der Waals surface area (Å²) in [6.07, 6.45) is 7.31. The summed E-state index contributed by atoms with van der Waals surface area (Å²) >= 11 is 0. The third-order valence-electron chi connectivity index (χ3n) is 6.24. The Hall–Kier alpha value is -2.64. The molecule has 30 heavy (non-hydrogen) atoms. The van der Waals surface area contributed by atoms with E-state index in [0.29, 0.717) is 37.8 Å². The maximum Gasteiger partial charge on any atom is 0.257 e. The van der Waals surface area contributed by atoms with Gasteiger partial charge in [-0.25, -0.2) is 0 Å². The number of piperazine rings is 1. The van der Waals surface area contributed by atoms with Crippen LogP contribution in [-0.4, -0.2) is 81.0 Å². The maximum absolute atomic E-state index is 13.0. The Morgan fingerprint density at radius 2 is 1.70 bits per heavy atom. The highest BCUT2D eigenvalue weighted by Gasteiger charge is 2.35. The van der Waals surface area contributed by atoms with Crippen molar-refractivity contribution in [2.45, 2.75) is 58.5 Å². The molecule has 3 amide bonds. The molecule has 3 heterocycles. The molecule has 1 aromatic heterocycles. The molecule has 0 atom stereocenters. The lowest BCUT2D eigenvalue weighted by atomic mass is 10.0. The van der Waals surface area contributed by atoms with Crippen molar-refractivity contribution >= 4 is 17.7 Å². The minimum absolute atomic E-state index is 0.00286. The summed E-state index contributed by atoms with van der Waals surface area (Å²) < 4.78 is 1.93. The van der Waals surface area contributed by atoms with Crippen molar-refractivity contribution in [1.29, 1.82) is 0 Å². The molecule has 0 spiro atoms. The predicted octanol–water partition coefficient (Wildman–Crippen LogP) is 1.77. The first-order valence-corrected chi connectivity index (χ1v) is 10.9. The fourth-order valence-electron chi connectivity index (χ4n) is 4.37. The molecule has 0 aromatic carbocycles. The van der Waals surface area contributed by atoms with Gasteiger partial charge < -0.3 is 14.7 Å². The first-order chi connectivity index (χ1) is 14.3. The van der Waals surface area contributed by atoms with Gasteiger partial charge in [0.05, 0.1) is 17.3 Å². The molecule has 4 rings (SSSR count). The average molecular weight is 414 g/mol. The number of allylic oxidation sites excluding steroid dienone is 1. The van der Waals surface area contributed by atoms with E-state index in [2.05, 4.69) is 5.10 Å². The number of carbonyl (C=O) groups excluding carboxylic acids is 3. The van der Waals surface area contributed by atoms with Crippen molar-refractivity contribution < 1.29 is 14.4 Å². The summed E-state index contributed by atoms with van der Waals surface area (Å²) in [7, 11) is 0. The Labute approximate surface area is 177 Å². The monoisotopic (exact) mass is 413 g/mol. The molecule has 2 aliphatic heterocycles. The van der Waals surface area contributed by atoms with Crippen LogP contribution in [0.3, 0.4) is 0 Å². The number of rotatable bonds is 4.